The van der Waals surface area contributed by atoms with Gasteiger partial charge >= 0.3 is 0 Å². The summed E-state index contributed by atoms with van der Waals surface area (Å²) in [5.41, 5.74) is 1.35. The fourth-order valence-electron chi connectivity index (χ4n) is 2.91. The molecule has 0 amide bonds. The van der Waals surface area contributed by atoms with Crippen LogP contribution in [0.25, 0.3) is 0 Å². The molecule has 14 heavy (non-hydrogen) atoms. The first-order valence-corrected chi connectivity index (χ1v) is 5.65. The largest absolute Gasteiger partial charge is 0.0851 e. The third-order valence-electron chi connectivity index (χ3n) is 3.58. The summed E-state index contributed by atoms with van der Waals surface area (Å²) >= 11 is 6.22. The Hall–Kier alpha value is -0.750. The van der Waals surface area contributed by atoms with Gasteiger partial charge in [-0.3, -0.25) is 0 Å². The minimum atomic E-state index is 0.679. The van der Waals surface area contributed by atoms with Crippen LogP contribution in [0.3, 0.4) is 0 Å². The maximum atomic E-state index is 6.22. The van der Waals surface area contributed by atoms with Crippen LogP contribution < -0.4 is 0 Å². The zero-order valence-electron chi connectivity index (χ0n) is 7.99. The molecule has 1 aromatic carbocycles. The molecule has 2 aliphatic rings. The summed E-state index contributed by atoms with van der Waals surface area (Å²) in [6.45, 7) is 0. The molecular weight excluding hydrogens is 192 g/mol. The molecule has 0 aromatic heterocycles. The molecule has 3 unspecified atom stereocenters. The van der Waals surface area contributed by atoms with Crippen LogP contribution in [0.15, 0.2) is 36.4 Å². The van der Waals surface area contributed by atoms with Crippen molar-refractivity contribution in [2.75, 3.05) is 0 Å². The lowest BCUT2D eigenvalue weighted by atomic mass is 9.87. The predicted octanol–water partition coefficient (Wildman–Crippen LogP) is 4.02. The van der Waals surface area contributed by atoms with Gasteiger partial charge in [0.15, 0.2) is 0 Å². The van der Waals surface area contributed by atoms with E-state index < -0.39 is 0 Å². The van der Waals surface area contributed by atoms with E-state index in [-0.39, 0.29) is 0 Å². The fourth-order valence-corrected chi connectivity index (χ4v) is 3.19. The lowest BCUT2D eigenvalue weighted by Gasteiger charge is -2.19. The van der Waals surface area contributed by atoms with Crippen molar-refractivity contribution < 1.29 is 0 Å². The highest BCUT2D eigenvalue weighted by molar-refractivity contribution is 6.31. The molecule has 0 radical (unpaired) electrons. The minimum Gasteiger partial charge on any atom is -0.0851 e. The van der Waals surface area contributed by atoms with E-state index in [1.165, 1.54) is 18.4 Å². The monoisotopic (exact) mass is 204 g/mol. The van der Waals surface area contributed by atoms with Crippen LogP contribution in [-0.4, -0.2) is 0 Å². The molecule has 0 N–H and O–H groups in total. The van der Waals surface area contributed by atoms with Crippen molar-refractivity contribution in [2.45, 2.75) is 18.8 Å². The first-order valence-electron chi connectivity index (χ1n) is 5.27. The van der Waals surface area contributed by atoms with Crippen molar-refractivity contribution in [3.63, 3.8) is 0 Å². The SMILES string of the molecule is Clc1ccccc1C1CC2C=CC1C2. The highest BCUT2D eigenvalue weighted by atomic mass is 35.5. The Morgan fingerprint density at radius 3 is 2.57 bits per heavy atom. The Morgan fingerprint density at radius 2 is 1.93 bits per heavy atom. The molecule has 0 nitrogen and oxygen atoms in total. The van der Waals surface area contributed by atoms with Crippen molar-refractivity contribution in [1.29, 1.82) is 0 Å². The molecule has 3 atom stereocenters. The Labute approximate surface area is 89.6 Å². The van der Waals surface area contributed by atoms with Gasteiger partial charge in [-0.25, -0.2) is 0 Å². The second kappa shape index (κ2) is 3.13. The van der Waals surface area contributed by atoms with Gasteiger partial charge < -0.3 is 0 Å². The van der Waals surface area contributed by atoms with Crippen LogP contribution >= 0.6 is 11.6 Å². The second-order valence-electron chi connectivity index (χ2n) is 4.41. The van der Waals surface area contributed by atoms with Crippen LogP contribution in [0.2, 0.25) is 5.02 Å². The van der Waals surface area contributed by atoms with Crippen molar-refractivity contribution in [3.05, 3.63) is 47.0 Å². The number of fused-ring (bicyclic) bond motifs is 2. The van der Waals surface area contributed by atoms with Gasteiger partial charge in [-0.05, 0) is 42.2 Å². The highest BCUT2D eigenvalue weighted by Gasteiger charge is 2.36. The van der Waals surface area contributed by atoms with E-state index in [1.807, 2.05) is 12.1 Å². The molecule has 0 aliphatic heterocycles. The number of allylic oxidation sites excluding steroid dienone is 2. The first-order chi connectivity index (χ1) is 6.84. The van der Waals surface area contributed by atoms with Crippen LogP contribution in [-0.2, 0) is 0 Å². The van der Waals surface area contributed by atoms with Gasteiger partial charge in [0, 0.05) is 5.02 Å². The minimum absolute atomic E-state index is 0.679. The summed E-state index contributed by atoms with van der Waals surface area (Å²) in [5.74, 6) is 2.25. The highest BCUT2D eigenvalue weighted by Crippen LogP contribution is 2.49. The standard InChI is InChI=1S/C13H13Cl/c14-13-4-2-1-3-11(13)12-8-9-5-6-10(12)7-9/h1-6,9-10,12H,7-8H2. The number of halogens is 1. The molecule has 1 fully saturated rings. The second-order valence-corrected chi connectivity index (χ2v) is 4.82. The molecule has 0 heterocycles. The van der Waals surface area contributed by atoms with Gasteiger partial charge in [0.05, 0.1) is 0 Å². The lowest BCUT2D eigenvalue weighted by molar-refractivity contribution is 0.586. The Balaban J connectivity index is 1.97. The summed E-state index contributed by atoms with van der Waals surface area (Å²) in [6, 6.07) is 8.29. The van der Waals surface area contributed by atoms with Crippen LogP contribution in [0, 0.1) is 11.8 Å². The Kier molecular flexibility index (Phi) is 1.91. The summed E-state index contributed by atoms with van der Waals surface area (Å²) in [4.78, 5) is 0. The molecule has 1 aromatic rings. The van der Waals surface area contributed by atoms with Gasteiger partial charge in [-0.15, -0.1) is 0 Å². The number of benzene rings is 1. The summed E-state index contributed by atoms with van der Waals surface area (Å²) in [7, 11) is 0. The first kappa shape index (κ1) is 8.55. The van der Waals surface area contributed by atoms with Gasteiger partial charge in [-0.1, -0.05) is 42.0 Å². The molecule has 0 spiro atoms. The maximum Gasteiger partial charge on any atom is 0.0441 e. The van der Waals surface area contributed by atoms with E-state index in [1.54, 1.807) is 0 Å². The third-order valence-corrected chi connectivity index (χ3v) is 3.93. The zero-order valence-corrected chi connectivity index (χ0v) is 8.74. The molecule has 72 valence electrons. The number of hydrogen-bond acceptors (Lipinski definition) is 0. The number of rotatable bonds is 1. The van der Waals surface area contributed by atoms with Crippen LogP contribution in [0.5, 0.6) is 0 Å². The third kappa shape index (κ3) is 1.21. The van der Waals surface area contributed by atoms with E-state index in [4.69, 9.17) is 11.6 Å². The van der Waals surface area contributed by atoms with E-state index in [2.05, 4.69) is 24.3 Å². The molecule has 0 saturated heterocycles. The van der Waals surface area contributed by atoms with Crippen molar-refractivity contribution in [2.24, 2.45) is 11.8 Å². The zero-order chi connectivity index (χ0) is 9.54. The van der Waals surface area contributed by atoms with Gasteiger partial charge in [0.25, 0.3) is 0 Å². The van der Waals surface area contributed by atoms with Gasteiger partial charge in [-0.2, -0.15) is 0 Å². The Bertz CT molecular complexity index is 381. The molecule has 2 bridgehead atoms. The molecule has 1 saturated carbocycles. The average Bonchev–Trinajstić information content (AvgIpc) is 2.79. The van der Waals surface area contributed by atoms with Crippen molar-refractivity contribution in [3.8, 4) is 0 Å². The van der Waals surface area contributed by atoms with Gasteiger partial charge in [0.1, 0.15) is 0 Å². The van der Waals surface area contributed by atoms with E-state index in [0.717, 1.165) is 16.9 Å². The van der Waals surface area contributed by atoms with E-state index in [0.29, 0.717) is 5.92 Å². The van der Waals surface area contributed by atoms with E-state index in [9.17, 15) is 0 Å². The van der Waals surface area contributed by atoms with Crippen LogP contribution in [0.4, 0.5) is 0 Å². The van der Waals surface area contributed by atoms with E-state index >= 15 is 0 Å². The molecule has 3 rings (SSSR count). The van der Waals surface area contributed by atoms with Crippen molar-refractivity contribution in [1.82, 2.24) is 0 Å². The maximum absolute atomic E-state index is 6.22. The normalized spacial score (nSPS) is 33.9. The van der Waals surface area contributed by atoms with Crippen LogP contribution in [0.1, 0.15) is 24.3 Å². The Morgan fingerprint density at radius 1 is 1.07 bits per heavy atom. The number of hydrogen-bond donors (Lipinski definition) is 0. The smallest absolute Gasteiger partial charge is 0.0441 e. The topological polar surface area (TPSA) is 0 Å². The lowest BCUT2D eigenvalue weighted by Crippen LogP contribution is -2.05. The molecule has 2 aliphatic carbocycles. The van der Waals surface area contributed by atoms with Crippen molar-refractivity contribution >= 4 is 11.6 Å². The molecule has 1 heteroatoms. The summed E-state index contributed by atoms with van der Waals surface area (Å²) in [6.07, 6.45) is 7.39. The summed E-state index contributed by atoms with van der Waals surface area (Å²) < 4.78 is 0. The summed E-state index contributed by atoms with van der Waals surface area (Å²) in [5, 5.41) is 0.943. The molecular formula is C13H13Cl. The predicted molar refractivity (Wildman–Crippen MR) is 59.5 cm³/mol. The fraction of sp³-hybridized carbons (Fsp3) is 0.385. The quantitative estimate of drug-likeness (QED) is 0.607. The van der Waals surface area contributed by atoms with Gasteiger partial charge in [0.2, 0.25) is 0 Å². The average molecular weight is 205 g/mol.